The lowest BCUT2D eigenvalue weighted by atomic mass is 9.85. The second-order valence-electron chi connectivity index (χ2n) is 9.82. The van der Waals surface area contributed by atoms with Crippen molar-refractivity contribution in [2.75, 3.05) is 6.54 Å². The van der Waals surface area contributed by atoms with Crippen LogP contribution in [0, 0.1) is 29.6 Å². The van der Waals surface area contributed by atoms with Gasteiger partial charge in [0.05, 0.1) is 6.10 Å². The molecule has 182 valence electrons. The van der Waals surface area contributed by atoms with Crippen LogP contribution in [0.25, 0.3) is 0 Å². The summed E-state index contributed by atoms with van der Waals surface area (Å²) in [4.78, 5) is 37.0. The predicted molar refractivity (Wildman–Crippen MR) is 128 cm³/mol. The number of hydrogen-bond donors (Lipinski definition) is 4. The summed E-state index contributed by atoms with van der Waals surface area (Å²) in [6, 6.07) is -1.04. The van der Waals surface area contributed by atoms with Crippen molar-refractivity contribution in [2.45, 2.75) is 51.2 Å². The van der Waals surface area contributed by atoms with E-state index in [1.807, 2.05) is 12.2 Å². The van der Waals surface area contributed by atoms with Crippen LogP contribution in [-0.2, 0) is 14.4 Å². The van der Waals surface area contributed by atoms with Crippen molar-refractivity contribution in [3.63, 3.8) is 0 Å². The van der Waals surface area contributed by atoms with E-state index in [1.54, 1.807) is 6.08 Å². The molecule has 2 aliphatic carbocycles. The first-order valence-corrected chi connectivity index (χ1v) is 12.3. The van der Waals surface area contributed by atoms with Gasteiger partial charge < -0.3 is 20.8 Å². The Bertz CT molecular complexity index is 976. The van der Waals surface area contributed by atoms with E-state index in [-0.39, 0.29) is 30.9 Å². The van der Waals surface area contributed by atoms with Crippen molar-refractivity contribution < 1.29 is 24.6 Å². The van der Waals surface area contributed by atoms with Crippen LogP contribution in [0.15, 0.2) is 59.9 Å². The minimum Gasteiger partial charge on any atom is -0.509 e. The fourth-order valence-corrected chi connectivity index (χ4v) is 5.84. The van der Waals surface area contributed by atoms with Gasteiger partial charge in [0, 0.05) is 19.0 Å². The monoisotopic (exact) mass is 466 g/mol. The van der Waals surface area contributed by atoms with Gasteiger partial charge in [0.25, 0.3) is 5.91 Å². The number of amides is 2. The van der Waals surface area contributed by atoms with Gasteiger partial charge in [-0.3, -0.25) is 14.4 Å². The minimum atomic E-state index is -1.13. The molecule has 2 aliphatic heterocycles. The van der Waals surface area contributed by atoms with Gasteiger partial charge in [0.15, 0.2) is 5.78 Å². The number of rotatable bonds is 0. The smallest absolute Gasteiger partial charge is 0.259 e. The van der Waals surface area contributed by atoms with E-state index in [0.29, 0.717) is 36.0 Å². The number of fused-ring (bicyclic) bond motifs is 4. The van der Waals surface area contributed by atoms with E-state index in [9.17, 15) is 24.6 Å². The zero-order valence-electron chi connectivity index (χ0n) is 19.5. The highest BCUT2D eigenvalue weighted by molar-refractivity contribution is 6.21. The number of carbonyl (C=O) groups is 3. The number of Topliss-reactive ketones (excluding diaryl/α,β-unsaturated/α-hetero) is 1. The molecule has 34 heavy (non-hydrogen) atoms. The lowest BCUT2D eigenvalue weighted by molar-refractivity contribution is -0.122. The van der Waals surface area contributed by atoms with Gasteiger partial charge in [-0.1, -0.05) is 49.5 Å². The largest absolute Gasteiger partial charge is 0.509 e. The standard InChI is InChI=1S/C27H34N2O5/c1-16-11-12-19-18-8-3-2-4-10-23(32)28-14-13-22(31)25-26(33)24(27(34)29-25)21(30)9-6-5-7-17(18)15-20(16)19/h2-5,7,10-12,16-20,22,25,31,33H,6,8-9,13-15H2,1H3,(H,28,32)(H,29,34)/b3-2+,7-5+,10-4-/t16-,17+,18-,19+,20+,22?,25-/m0/s1. The lowest BCUT2D eigenvalue weighted by Crippen LogP contribution is -2.41. The van der Waals surface area contributed by atoms with Crippen molar-refractivity contribution in [2.24, 2.45) is 29.6 Å². The second kappa shape index (κ2) is 10.6. The summed E-state index contributed by atoms with van der Waals surface area (Å²) in [6.07, 6.45) is 17.7. The molecule has 7 nitrogen and oxygen atoms in total. The zero-order chi connectivity index (χ0) is 24.2. The summed E-state index contributed by atoms with van der Waals surface area (Å²) >= 11 is 0. The Morgan fingerprint density at radius 1 is 1.03 bits per heavy atom. The third-order valence-corrected chi connectivity index (χ3v) is 7.69. The molecular weight excluding hydrogens is 432 g/mol. The van der Waals surface area contributed by atoms with Crippen LogP contribution >= 0.6 is 0 Å². The normalized spacial score (nSPS) is 39.7. The molecule has 7 heteroatoms. The first-order valence-electron chi connectivity index (χ1n) is 12.3. The Kier molecular flexibility index (Phi) is 7.51. The summed E-state index contributed by atoms with van der Waals surface area (Å²) in [7, 11) is 0. The third-order valence-electron chi connectivity index (χ3n) is 7.69. The first kappa shape index (κ1) is 24.2. The Morgan fingerprint density at radius 2 is 1.85 bits per heavy atom. The molecule has 0 radical (unpaired) electrons. The van der Waals surface area contributed by atoms with Crippen LogP contribution in [0.5, 0.6) is 0 Å². The molecule has 4 N–H and O–H groups in total. The summed E-state index contributed by atoms with van der Waals surface area (Å²) in [6.45, 7) is 2.43. The lowest BCUT2D eigenvalue weighted by Gasteiger charge is -2.20. The molecule has 4 aliphatic rings. The molecule has 1 unspecified atom stereocenters. The molecule has 1 fully saturated rings. The van der Waals surface area contributed by atoms with Crippen molar-refractivity contribution in [1.29, 1.82) is 0 Å². The fraction of sp³-hybridized carbons (Fsp3) is 0.519. The minimum absolute atomic E-state index is 0.117. The summed E-state index contributed by atoms with van der Waals surface area (Å²) in [5, 5.41) is 26.0. The maximum Gasteiger partial charge on any atom is 0.259 e. The number of aliphatic hydroxyl groups excluding tert-OH is 2. The number of allylic oxidation sites excluding steroid dienone is 7. The second-order valence-corrected chi connectivity index (χ2v) is 9.82. The van der Waals surface area contributed by atoms with Crippen LogP contribution in [0.3, 0.4) is 0 Å². The topological polar surface area (TPSA) is 116 Å². The molecule has 0 aromatic rings. The van der Waals surface area contributed by atoms with Gasteiger partial charge in [0.1, 0.15) is 17.4 Å². The van der Waals surface area contributed by atoms with Gasteiger partial charge in [-0.2, -0.15) is 0 Å². The van der Waals surface area contributed by atoms with Gasteiger partial charge in [-0.15, -0.1) is 0 Å². The molecule has 0 spiro atoms. The average molecular weight is 467 g/mol. The molecule has 7 atom stereocenters. The third kappa shape index (κ3) is 5.09. The van der Waals surface area contributed by atoms with Gasteiger partial charge in [0.2, 0.25) is 5.91 Å². The Morgan fingerprint density at radius 3 is 2.68 bits per heavy atom. The average Bonchev–Trinajstić information content (AvgIpc) is 3.43. The quantitative estimate of drug-likeness (QED) is 0.324. The van der Waals surface area contributed by atoms with Crippen LogP contribution < -0.4 is 10.6 Å². The van der Waals surface area contributed by atoms with Crippen molar-refractivity contribution in [3.05, 3.63) is 59.9 Å². The highest BCUT2D eigenvalue weighted by Crippen LogP contribution is 2.51. The number of aliphatic hydroxyl groups is 2. The zero-order valence-corrected chi connectivity index (χ0v) is 19.5. The van der Waals surface area contributed by atoms with E-state index in [2.05, 4.69) is 41.9 Å². The number of hydrogen-bond acceptors (Lipinski definition) is 5. The van der Waals surface area contributed by atoms with E-state index < -0.39 is 29.6 Å². The molecular formula is C27H34N2O5. The molecule has 2 heterocycles. The summed E-state index contributed by atoms with van der Waals surface area (Å²) in [5.74, 6) is 0.810. The molecule has 1 saturated carbocycles. The van der Waals surface area contributed by atoms with Crippen LogP contribution in [0.1, 0.15) is 39.0 Å². The Balaban J connectivity index is 1.52. The Hall–Kier alpha value is -2.93. The van der Waals surface area contributed by atoms with Gasteiger partial charge in [-0.05, 0) is 55.3 Å². The number of ketones is 1. The Labute approximate surface area is 200 Å². The van der Waals surface area contributed by atoms with Crippen LogP contribution in [0.2, 0.25) is 0 Å². The van der Waals surface area contributed by atoms with Crippen molar-refractivity contribution in [3.8, 4) is 0 Å². The van der Waals surface area contributed by atoms with Crippen molar-refractivity contribution in [1.82, 2.24) is 10.6 Å². The number of nitrogens with one attached hydrogen (secondary N) is 2. The number of carbonyl (C=O) groups excluding carboxylic acids is 3. The van der Waals surface area contributed by atoms with E-state index in [4.69, 9.17) is 0 Å². The first-order chi connectivity index (χ1) is 16.4. The van der Waals surface area contributed by atoms with E-state index in [0.717, 1.165) is 12.8 Å². The highest BCUT2D eigenvalue weighted by atomic mass is 16.3. The van der Waals surface area contributed by atoms with Crippen LogP contribution in [-0.4, -0.2) is 46.5 Å². The molecule has 0 aromatic heterocycles. The fourth-order valence-electron chi connectivity index (χ4n) is 5.84. The van der Waals surface area contributed by atoms with E-state index >= 15 is 0 Å². The summed E-state index contributed by atoms with van der Waals surface area (Å²) in [5.41, 5.74) is -0.267. The van der Waals surface area contributed by atoms with Gasteiger partial charge >= 0.3 is 0 Å². The maximum absolute atomic E-state index is 12.7. The maximum atomic E-state index is 12.7. The highest BCUT2D eigenvalue weighted by Gasteiger charge is 2.44. The van der Waals surface area contributed by atoms with Gasteiger partial charge in [-0.25, -0.2) is 0 Å². The molecule has 2 bridgehead atoms. The van der Waals surface area contributed by atoms with Crippen LogP contribution in [0.4, 0.5) is 0 Å². The molecule has 2 amide bonds. The van der Waals surface area contributed by atoms with Crippen molar-refractivity contribution >= 4 is 17.6 Å². The van der Waals surface area contributed by atoms with E-state index in [1.165, 1.54) is 6.08 Å². The predicted octanol–water partition coefficient (Wildman–Crippen LogP) is 2.66. The molecule has 4 rings (SSSR count). The molecule has 0 saturated heterocycles. The summed E-state index contributed by atoms with van der Waals surface area (Å²) < 4.78 is 0. The SMILES string of the molecule is C[C@H]1C=C[C@@H]2[C@H]3C/C=C/C=C\C(=O)NCCC(O)[C@@H]4NC(=O)C(=C4O)C(=O)CC/C=C/[C@@H]3C[C@@H]21. The molecule has 0 aromatic carbocycles.